The van der Waals surface area contributed by atoms with Crippen molar-refractivity contribution in [2.75, 3.05) is 17.2 Å². The van der Waals surface area contributed by atoms with Crippen LogP contribution >= 0.6 is 0 Å². The second kappa shape index (κ2) is 4.57. The largest absolute Gasteiger partial charge is 0.370 e. The predicted molar refractivity (Wildman–Crippen MR) is 66.2 cm³/mol. The van der Waals surface area contributed by atoms with Crippen LogP contribution in [0.3, 0.4) is 0 Å². The molecule has 17 heavy (non-hydrogen) atoms. The minimum absolute atomic E-state index is 0.0331. The highest BCUT2D eigenvalue weighted by Gasteiger charge is 2.34. The molecule has 1 aliphatic rings. The lowest BCUT2D eigenvalue weighted by Crippen LogP contribution is -2.09. The molecule has 0 amide bonds. The number of hydrogen-bond acceptors (Lipinski definition) is 5. The smallest absolute Gasteiger partial charge is 0.311 e. The summed E-state index contributed by atoms with van der Waals surface area (Å²) in [5.41, 5.74) is 0.0331. The van der Waals surface area contributed by atoms with Crippen LogP contribution in [-0.2, 0) is 0 Å². The van der Waals surface area contributed by atoms with Gasteiger partial charge in [0.05, 0.1) is 4.92 Å². The number of aromatic nitrogens is 1. The Kier molecular flexibility index (Phi) is 3.12. The van der Waals surface area contributed by atoms with E-state index in [2.05, 4.69) is 22.5 Å². The minimum Gasteiger partial charge on any atom is -0.370 e. The third-order valence-corrected chi connectivity index (χ3v) is 2.86. The normalized spacial score (nSPS) is 22.0. The molecule has 6 heteroatoms. The van der Waals surface area contributed by atoms with Crippen LogP contribution < -0.4 is 10.6 Å². The first-order chi connectivity index (χ1) is 8.11. The van der Waals surface area contributed by atoms with Crippen molar-refractivity contribution >= 4 is 17.3 Å². The molecule has 2 rings (SSSR count). The van der Waals surface area contributed by atoms with Gasteiger partial charge in [0.2, 0.25) is 5.82 Å². The molecule has 0 radical (unpaired) electrons. The first-order valence-electron chi connectivity index (χ1n) is 5.77. The average Bonchev–Trinajstić information content (AvgIpc) is 2.94. The van der Waals surface area contributed by atoms with Gasteiger partial charge in [-0.25, -0.2) is 4.98 Å². The third kappa shape index (κ3) is 2.64. The van der Waals surface area contributed by atoms with E-state index >= 15 is 0 Å². The number of hydrogen-bond donors (Lipinski definition) is 2. The first-order valence-corrected chi connectivity index (χ1v) is 5.77. The van der Waals surface area contributed by atoms with Crippen molar-refractivity contribution in [1.82, 2.24) is 4.98 Å². The SMILES string of the molecule is CCNc1ccc([N+](=O)[O-])c(NC2CC2C)n1. The number of nitrogens with one attached hydrogen (secondary N) is 2. The zero-order valence-electron chi connectivity index (χ0n) is 9.93. The summed E-state index contributed by atoms with van der Waals surface area (Å²) < 4.78 is 0. The maximum absolute atomic E-state index is 10.9. The summed E-state index contributed by atoms with van der Waals surface area (Å²) in [6.45, 7) is 4.81. The van der Waals surface area contributed by atoms with Gasteiger partial charge in [-0.05, 0) is 25.3 Å². The fourth-order valence-electron chi connectivity index (χ4n) is 1.68. The molecule has 1 aromatic rings. The molecule has 1 aliphatic carbocycles. The topological polar surface area (TPSA) is 80.1 Å². The van der Waals surface area contributed by atoms with E-state index in [0.717, 1.165) is 13.0 Å². The van der Waals surface area contributed by atoms with Crippen molar-refractivity contribution in [3.63, 3.8) is 0 Å². The van der Waals surface area contributed by atoms with Crippen LogP contribution in [0.1, 0.15) is 20.3 Å². The van der Waals surface area contributed by atoms with Gasteiger partial charge in [0.15, 0.2) is 0 Å². The molecule has 92 valence electrons. The van der Waals surface area contributed by atoms with Crippen LogP contribution in [0.25, 0.3) is 0 Å². The van der Waals surface area contributed by atoms with Crippen molar-refractivity contribution < 1.29 is 4.92 Å². The van der Waals surface area contributed by atoms with Crippen molar-refractivity contribution in [2.45, 2.75) is 26.3 Å². The molecule has 1 heterocycles. The fourth-order valence-corrected chi connectivity index (χ4v) is 1.68. The Morgan fingerprint density at radius 1 is 1.59 bits per heavy atom. The van der Waals surface area contributed by atoms with Crippen molar-refractivity contribution in [1.29, 1.82) is 0 Å². The second-order valence-corrected chi connectivity index (χ2v) is 4.32. The fraction of sp³-hybridized carbons (Fsp3) is 0.545. The Hall–Kier alpha value is -1.85. The maximum atomic E-state index is 10.9. The highest BCUT2D eigenvalue weighted by Crippen LogP contribution is 2.35. The lowest BCUT2D eigenvalue weighted by Gasteiger charge is -2.08. The molecule has 1 aromatic heterocycles. The van der Waals surface area contributed by atoms with E-state index in [1.807, 2.05) is 6.92 Å². The van der Waals surface area contributed by atoms with Gasteiger partial charge in [0.25, 0.3) is 0 Å². The standard InChI is InChI=1S/C11H16N4O2/c1-3-12-10-5-4-9(15(16)17)11(14-10)13-8-6-7(8)2/h4-5,7-8H,3,6H2,1-2H3,(H2,12,13,14). The van der Waals surface area contributed by atoms with E-state index in [-0.39, 0.29) is 5.69 Å². The number of nitro groups is 1. The number of rotatable bonds is 5. The Morgan fingerprint density at radius 3 is 2.82 bits per heavy atom. The Morgan fingerprint density at radius 2 is 2.29 bits per heavy atom. The number of nitrogens with zero attached hydrogens (tertiary/aromatic N) is 2. The van der Waals surface area contributed by atoms with Gasteiger partial charge in [-0.1, -0.05) is 6.92 Å². The van der Waals surface area contributed by atoms with Gasteiger partial charge in [-0.15, -0.1) is 0 Å². The quantitative estimate of drug-likeness (QED) is 0.605. The van der Waals surface area contributed by atoms with Crippen molar-refractivity contribution in [3.05, 3.63) is 22.2 Å². The maximum Gasteiger partial charge on any atom is 0.311 e. The molecule has 2 unspecified atom stereocenters. The highest BCUT2D eigenvalue weighted by atomic mass is 16.6. The lowest BCUT2D eigenvalue weighted by molar-refractivity contribution is -0.384. The Bertz CT molecular complexity index is 435. The summed E-state index contributed by atoms with van der Waals surface area (Å²) in [6.07, 6.45) is 1.05. The van der Waals surface area contributed by atoms with Gasteiger partial charge in [-0.2, -0.15) is 0 Å². The Labute approximate surface area is 99.6 Å². The van der Waals surface area contributed by atoms with Crippen LogP contribution in [0.2, 0.25) is 0 Å². The predicted octanol–water partition coefficient (Wildman–Crippen LogP) is 2.24. The zero-order valence-corrected chi connectivity index (χ0v) is 9.93. The molecule has 2 N–H and O–H groups in total. The van der Waals surface area contributed by atoms with E-state index in [1.54, 1.807) is 6.07 Å². The first kappa shape index (κ1) is 11.6. The van der Waals surface area contributed by atoms with Crippen molar-refractivity contribution in [3.8, 4) is 0 Å². The molecule has 0 saturated heterocycles. The monoisotopic (exact) mass is 236 g/mol. The van der Waals surface area contributed by atoms with Gasteiger partial charge >= 0.3 is 5.69 Å². The molecule has 0 bridgehead atoms. The van der Waals surface area contributed by atoms with Crippen LogP contribution in [0.15, 0.2) is 12.1 Å². The van der Waals surface area contributed by atoms with E-state index in [9.17, 15) is 10.1 Å². The summed E-state index contributed by atoms with van der Waals surface area (Å²) in [6, 6.07) is 3.43. The molecule has 0 aliphatic heterocycles. The number of pyridine rings is 1. The molecule has 6 nitrogen and oxygen atoms in total. The highest BCUT2D eigenvalue weighted by molar-refractivity contribution is 5.61. The van der Waals surface area contributed by atoms with Crippen LogP contribution in [0, 0.1) is 16.0 Å². The van der Waals surface area contributed by atoms with Gasteiger partial charge < -0.3 is 10.6 Å². The van der Waals surface area contributed by atoms with Crippen LogP contribution in [0.4, 0.5) is 17.3 Å². The number of anilines is 2. The molecule has 0 aromatic carbocycles. The molecular formula is C11H16N4O2. The summed E-state index contributed by atoms with van der Waals surface area (Å²) in [5, 5.41) is 17.0. The van der Waals surface area contributed by atoms with Gasteiger partial charge in [-0.3, -0.25) is 10.1 Å². The second-order valence-electron chi connectivity index (χ2n) is 4.32. The van der Waals surface area contributed by atoms with E-state index in [4.69, 9.17) is 0 Å². The van der Waals surface area contributed by atoms with Crippen molar-refractivity contribution in [2.24, 2.45) is 5.92 Å². The van der Waals surface area contributed by atoms with Crippen LogP contribution in [0.5, 0.6) is 0 Å². The zero-order chi connectivity index (χ0) is 12.4. The van der Waals surface area contributed by atoms with E-state index in [1.165, 1.54) is 6.07 Å². The third-order valence-electron chi connectivity index (χ3n) is 2.86. The summed E-state index contributed by atoms with van der Waals surface area (Å²) in [4.78, 5) is 14.7. The van der Waals surface area contributed by atoms with Gasteiger partial charge in [0, 0.05) is 18.7 Å². The molecule has 1 saturated carbocycles. The van der Waals surface area contributed by atoms with Gasteiger partial charge in [0.1, 0.15) is 5.82 Å². The Balaban J connectivity index is 2.23. The molecular weight excluding hydrogens is 220 g/mol. The van der Waals surface area contributed by atoms with E-state index in [0.29, 0.717) is 23.6 Å². The minimum atomic E-state index is -0.405. The summed E-state index contributed by atoms with van der Waals surface area (Å²) in [7, 11) is 0. The van der Waals surface area contributed by atoms with E-state index < -0.39 is 4.92 Å². The molecule has 2 atom stereocenters. The molecule has 1 fully saturated rings. The van der Waals surface area contributed by atoms with Crippen LogP contribution in [-0.4, -0.2) is 22.5 Å². The summed E-state index contributed by atoms with van der Waals surface area (Å²) >= 11 is 0. The lowest BCUT2D eigenvalue weighted by atomic mass is 10.3. The molecule has 0 spiro atoms. The summed E-state index contributed by atoms with van der Waals surface area (Å²) in [5.74, 6) is 1.59. The average molecular weight is 236 g/mol.